The number of amides is 2. The topological polar surface area (TPSA) is 61.4 Å². The molecule has 0 aromatic rings. The summed E-state index contributed by atoms with van der Waals surface area (Å²) >= 11 is 0. The van der Waals surface area contributed by atoms with Gasteiger partial charge in [0.05, 0.1) is 6.54 Å². The summed E-state index contributed by atoms with van der Waals surface area (Å²) in [7, 11) is 0. The summed E-state index contributed by atoms with van der Waals surface area (Å²) in [4.78, 5) is 24.1. The van der Waals surface area contributed by atoms with Crippen LogP contribution in [0.5, 0.6) is 0 Å². The van der Waals surface area contributed by atoms with Gasteiger partial charge >= 0.3 is 11.8 Å². The molecule has 5 heteroatoms. The second kappa shape index (κ2) is 5.25. The van der Waals surface area contributed by atoms with Crippen LogP contribution < -0.4 is 10.6 Å². The monoisotopic (exact) mass is 195 g/mol. The highest BCUT2D eigenvalue weighted by molar-refractivity contribution is 6.35. The number of rotatable bonds is 1. The second-order valence-corrected chi connectivity index (χ2v) is 2.93. The summed E-state index contributed by atoms with van der Waals surface area (Å²) in [6.07, 6.45) is 4.96. The van der Waals surface area contributed by atoms with Gasteiger partial charge in [0.1, 0.15) is 0 Å². The summed E-state index contributed by atoms with van der Waals surface area (Å²) < 4.78 is 0. The van der Waals surface area contributed by atoms with Crippen LogP contribution in [-0.2, 0) is 9.59 Å². The van der Waals surface area contributed by atoms with Gasteiger partial charge in [-0.15, -0.1) is 6.42 Å². The van der Waals surface area contributed by atoms with Crippen molar-refractivity contribution in [3.8, 4) is 12.3 Å². The van der Waals surface area contributed by atoms with Crippen molar-refractivity contribution < 1.29 is 9.59 Å². The smallest absolute Gasteiger partial charge is 0.311 e. The Balaban J connectivity index is 2.39. The molecule has 0 bridgehead atoms. The molecule has 1 saturated heterocycles. The van der Waals surface area contributed by atoms with Gasteiger partial charge in [0.15, 0.2) is 0 Å². The summed E-state index contributed by atoms with van der Waals surface area (Å²) in [5, 5.41) is 5.44. The largest absolute Gasteiger partial charge is 0.337 e. The third-order valence-corrected chi connectivity index (χ3v) is 1.95. The molecule has 1 aliphatic rings. The molecule has 0 spiro atoms. The van der Waals surface area contributed by atoms with E-state index in [2.05, 4.69) is 16.6 Å². The minimum Gasteiger partial charge on any atom is -0.337 e. The van der Waals surface area contributed by atoms with Crippen LogP contribution in [0.3, 0.4) is 0 Å². The van der Waals surface area contributed by atoms with E-state index in [0.29, 0.717) is 13.1 Å². The van der Waals surface area contributed by atoms with Crippen molar-refractivity contribution in [2.45, 2.75) is 0 Å². The Labute approximate surface area is 82.8 Å². The molecule has 0 aromatic heterocycles. The lowest BCUT2D eigenvalue weighted by Crippen LogP contribution is -2.51. The molecule has 0 aromatic carbocycles. The minimum atomic E-state index is -0.621. The fourth-order valence-corrected chi connectivity index (χ4v) is 1.22. The molecule has 2 amide bonds. The fourth-order valence-electron chi connectivity index (χ4n) is 1.22. The van der Waals surface area contributed by atoms with Gasteiger partial charge in [0.2, 0.25) is 0 Å². The zero-order valence-corrected chi connectivity index (χ0v) is 7.88. The van der Waals surface area contributed by atoms with E-state index in [-0.39, 0.29) is 6.54 Å². The first-order valence-corrected chi connectivity index (χ1v) is 4.47. The summed E-state index contributed by atoms with van der Waals surface area (Å²) in [6, 6.07) is 0. The van der Waals surface area contributed by atoms with Crippen molar-refractivity contribution >= 4 is 11.8 Å². The van der Waals surface area contributed by atoms with Crippen molar-refractivity contribution in [2.75, 3.05) is 32.7 Å². The Morgan fingerprint density at radius 2 is 2.07 bits per heavy atom. The molecule has 1 heterocycles. The maximum atomic E-state index is 11.4. The van der Waals surface area contributed by atoms with Gasteiger partial charge in [-0.1, -0.05) is 5.92 Å². The highest BCUT2D eigenvalue weighted by Crippen LogP contribution is 1.92. The van der Waals surface area contributed by atoms with Crippen LogP contribution in [0.1, 0.15) is 0 Å². The molecule has 0 radical (unpaired) electrons. The molecule has 5 nitrogen and oxygen atoms in total. The second-order valence-electron chi connectivity index (χ2n) is 2.93. The van der Waals surface area contributed by atoms with E-state index in [0.717, 1.165) is 13.1 Å². The summed E-state index contributed by atoms with van der Waals surface area (Å²) in [5.41, 5.74) is 0. The quantitative estimate of drug-likeness (QED) is 0.382. The van der Waals surface area contributed by atoms with Crippen LogP contribution >= 0.6 is 0 Å². The highest BCUT2D eigenvalue weighted by Gasteiger charge is 2.22. The lowest BCUT2D eigenvalue weighted by Gasteiger charge is -2.26. The van der Waals surface area contributed by atoms with E-state index in [4.69, 9.17) is 6.42 Å². The number of carbonyl (C=O) groups is 2. The molecule has 0 unspecified atom stereocenters. The van der Waals surface area contributed by atoms with E-state index >= 15 is 0 Å². The zero-order valence-electron chi connectivity index (χ0n) is 7.88. The van der Waals surface area contributed by atoms with Crippen molar-refractivity contribution in [1.82, 2.24) is 15.5 Å². The van der Waals surface area contributed by atoms with Crippen molar-refractivity contribution in [3.05, 3.63) is 0 Å². The van der Waals surface area contributed by atoms with Crippen molar-refractivity contribution in [1.29, 1.82) is 0 Å². The van der Waals surface area contributed by atoms with Gasteiger partial charge in [-0.2, -0.15) is 0 Å². The molecule has 1 rings (SSSR count). The first kappa shape index (κ1) is 10.5. The van der Waals surface area contributed by atoms with Gasteiger partial charge in [-0.3, -0.25) is 9.59 Å². The number of nitrogens with zero attached hydrogens (tertiary/aromatic N) is 1. The Bertz CT molecular complexity index is 264. The van der Waals surface area contributed by atoms with Crippen LogP contribution in [-0.4, -0.2) is 49.4 Å². The average Bonchev–Trinajstić information content (AvgIpc) is 2.26. The van der Waals surface area contributed by atoms with Crippen LogP contribution in [0.15, 0.2) is 0 Å². The Kier molecular flexibility index (Phi) is 3.95. The molecule has 76 valence electrons. The first-order valence-electron chi connectivity index (χ1n) is 4.47. The van der Waals surface area contributed by atoms with Crippen LogP contribution in [0, 0.1) is 12.3 Å². The number of hydrogen-bond acceptors (Lipinski definition) is 3. The van der Waals surface area contributed by atoms with Crippen LogP contribution in [0.4, 0.5) is 0 Å². The Morgan fingerprint density at radius 1 is 1.43 bits per heavy atom. The maximum Gasteiger partial charge on any atom is 0.311 e. The molecule has 1 aliphatic heterocycles. The molecule has 14 heavy (non-hydrogen) atoms. The van der Waals surface area contributed by atoms with E-state index in [9.17, 15) is 9.59 Å². The maximum absolute atomic E-state index is 11.4. The molecular weight excluding hydrogens is 182 g/mol. The van der Waals surface area contributed by atoms with E-state index in [1.54, 1.807) is 0 Å². The number of piperazine rings is 1. The lowest BCUT2D eigenvalue weighted by molar-refractivity contribution is -0.146. The van der Waals surface area contributed by atoms with Crippen molar-refractivity contribution in [2.24, 2.45) is 0 Å². The van der Waals surface area contributed by atoms with Gasteiger partial charge < -0.3 is 15.5 Å². The number of terminal acetylenes is 1. The summed E-state index contributed by atoms with van der Waals surface area (Å²) in [6.45, 7) is 2.70. The molecule has 0 aliphatic carbocycles. The Morgan fingerprint density at radius 3 is 2.64 bits per heavy atom. The molecule has 0 saturated carbocycles. The number of hydrogen-bond donors (Lipinski definition) is 2. The number of carbonyl (C=O) groups excluding carboxylic acids is 2. The normalized spacial score (nSPS) is 15.8. The van der Waals surface area contributed by atoms with E-state index in [1.807, 2.05) is 0 Å². The van der Waals surface area contributed by atoms with Gasteiger partial charge in [0.25, 0.3) is 0 Å². The van der Waals surface area contributed by atoms with Gasteiger partial charge in [-0.05, 0) is 0 Å². The SMILES string of the molecule is C#CCNC(=O)C(=O)N1CCNCC1. The molecular formula is C9H13N3O2. The zero-order chi connectivity index (χ0) is 10.4. The molecule has 0 atom stereocenters. The van der Waals surface area contributed by atoms with Crippen molar-refractivity contribution in [3.63, 3.8) is 0 Å². The van der Waals surface area contributed by atoms with E-state index in [1.165, 1.54) is 4.90 Å². The van der Waals surface area contributed by atoms with Crippen LogP contribution in [0.2, 0.25) is 0 Å². The lowest BCUT2D eigenvalue weighted by atomic mass is 10.3. The summed E-state index contributed by atoms with van der Waals surface area (Å²) in [5.74, 6) is 1.12. The van der Waals surface area contributed by atoms with Crippen LogP contribution in [0.25, 0.3) is 0 Å². The standard InChI is InChI=1S/C9H13N3O2/c1-2-3-11-8(13)9(14)12-6-4-10-5-7-12/h1,10H,3-7H2,(H,11,13). The Hall–Kier alpha value is -1.54. The predicted octanol–water partition coefficient (Wildman–Crippen LogP) is -1.83. The molecule has 1 fully saturated rings. The third-order valence-electron chi connectivity index (χ3n) is 1.95. The minimum absolute atomic E-state index is 0.0939. The fraction of sp³-hybridized carbons (Fsp3) is 0.556. The number of nitrogens with one attached hydrogen (secondary N) is 2. The average molecular weight is 195 g/mol. The first-order chi connectivity index (χ1) is 6.75. The van der Waals surface area contributed by atoms with Gasteiger partial charge in [-0.25, -0.2) is 0 Å². The van der Waals surface area contributed by atoms with Gasteiger partial charge in [0, 0.05) is 26.2 Å². The van der Waals surface area contributed by atoms with E-state index < -0.39 is 11.8 Å². The molecule has 2 N–H and O–H groups in total. The highest BCUT2D eigenvalue weighted by atomic mass is 16.2. The third kappa shape index (κ3) is 2.75. The predicted molar refractivity (Wildman–Crippen MR) is 51.3 cm³/mol.